The lowest BCUT2D eigenvalue weighted by atomic mass is 9.98. The zero-order valence-corrected chi connectivity index (χ0v) is 13.1. The van der Waals surface area contributed by atoms with Crippen molar-refractivity contribution in [1.29, 1.82) is 0 Å². The van der Waals surface area contributed by atoms with Gasteiger partial charge in [0.05, 0.1) is 10.5 Å². The molecule has 0 radical (unpaired) electrons. The Bertz CT molecular complexity index is 625. The number of hydrogen-bond donors (Lipinski definition) is 1. The van der Waals surface area contributed by atoms with Gasteiger partial charge in [-0.2, -0.15) is 0 Å². The summed E-state index contributed by atoms with van der Waals surface area (Å²) in [4.78, 5) is 0. The van der Waals surface area contributed by atoms with Gasteiger partial charge in [0, 0.05) is 11.1 Å². The quantitative estimate of drug-likeness (QED) is 0.818. The van der Waals surface area contributed by atoms with Crippen molar-refractivity contribution in [3.8, 4) is 0 Å². The van der Waals surface area contributed by atoms with Crippen LogP contribution in [0.1, 0.15) is 35.6 Å². The first kappa shape index (κ1) is 15.2. The molecule has 0 amide bonds. The third kappa shape index (κ3) is 2.94. The van der Waals surface area contributed by atoms with E-state index in [1.54, 1.807) is 0 Å². The Hall–Kier alpha value is -1.20. The molecule has 108 valence electrons. The highest BCUT2D eigenvalue weighted by molar-refractivity contribution is 9.10. The highest BCUT2D eigenvalue weighted by Gasteiger charge is 2.22. The molecule has 1 heterocycles. The summed E-state index contributed by atoms with van der Waals surface area (Å²) < 4.78 is 33.5. The molecular weight excluding hydrogens is 328 g/mol. The zero-order valence-electron chi connectivity index (χ0n) is 11.6. The van der Waals surface area contributed by atoms with E-state index in [9.17, 15) is 8.78 Å². The van der Waals surface area contributed by atoms with Crippen LogP contribution in [0, 0.1) is 25.5 Å². The predicted molar refractivity (Wildman–Crippen MR) is 77.8 cm³/mol. The van der Waals surface area contributed by atoms with Gasteiger partial charge in [-0.3, -0.25) is 0 Å². The molecule has 0 spiro atoms. The molecule has 0 saturated heterocycles. The van der Waals surface area contributed by atoms with Crippen molar-refractivity contribution in [3.05, 3.63) is 57.0 Å². The first-order valence-corrected chi connectivity index (χ1v) is 7.18. The average molecular weight is 344 g/mol. The van der Waals surface area contributed by atoms with Crippen molar-refractivity contribution in [2.24, 2.45) is 0 Å². The third-order valence-corrected chi connectivity index (χ3v) is 3.76. The van der Waals surface area contributed by atoms with Gasteiger partial charge in [-0.1, -0.05) is 6.92 Å². The molecule has 1 N–H and O–H groups in total. The highest BCUT2D eigenvalue weighted by Crippen LogP contribution is 2.31. The minimum absolute atomic E-state index is 0.120. The van der Waals surface area contributed by atoms with Crippen LogP contribution in [0.4, 0.5) is 8.78 Å². The van der Waals surface area contributed by atoms with Gasteiger partial charge in [-0.05, 0) is 54.5 Å². The molecular formula is C15H16BrF2NO. The van der Waals surface area contributed by atoms with Crippen molar-refractivity contribution < 1.29 is 13.2 Å². The van der Waals surface area contributed by atoms with Crippen LogP contribution in [0.15, 0.2) is 27.1 Å². The fourth-order valence-corrected chi connectivity index (χ4v) is 2.60. The molecule has 1 aromatic carbocycles. The highest BCUT2D eigenvalue weighted by atomic mass is 79.9. The number of aryl methyl sites for hydroxylation is 2. The van der Waals surface area contributed by atoms with Crippen LogP contribution in [0.25, 0.3) is 0 Å². The maximum absolute atomic E-state index is 14.2. The van der Waals surface area contributed by atoms with E-state index < -0.39 is 17.7 Å². The summed E-state index contributed by atoms with van der Waals surface area (Å²) in [6, 6.07) is 3.79. The number of hydrogen-bond acceptors (Lipinski definition) is 2. The molecule has 1 aromatic heterocycles. The smallest absolute Gasteiger partial charge is 0.137 e. The van der Waals surface area contributed by atoms with Crippen molar-refractivity contribution in [2.45, 2.75) is 26.8 Å². The first-order chi connectivity index (χ1) is 9.43. The fraction of sp³-hybridized carbons (Fsp3) is 0.333. The second kappa shape index (κ2) is 6.06. The SMILES string of the molecule is CCNC(c1cc(F)c(Br)cc1F)c1cc(C)oc1C. The lowest BCUT2D eigenvalue weighted by molar-refractivity contribution is 0.490. The van der Waals surface area contributed by atoms with Gasteiger partial charge in [0.15, 0.2) is 0 Å². The Kier molecular flexibility index (Phi) is 4.60. The summed E-state index contributed by atoms with van der Waals surface area (Å²) >= 11 is 2.99. The molecule has 0 aliphatic carbocycles. The molecule has 0 bridgehead atoms. The summed E-state index contributed by atoms with van der Waals surface area (Å²) in [5, 5.41) is 3.17. The van der Waals surface area contributed by atoms with Crippen LogP contribution in [-0.2, 0) is 0 Å². The summed E-state index contributed by atoms with van der Waals surface area (Å²) in [6.45, 7) is 6.20. The Labute approximate surface area is 125 Å². The summed E-state index contributed by atoms with van der Waals surface area (Å²) in [7, 11) is 0. The van der Waals surface area contributed by atoms with Crippen LogP contribution < -0.4 is 5.32 Å². The molecule has 2 aromatic rings. The normalized spacial score (nSPS) is 12.7. The predicted octanol–water partition coefficient (Wildman–Crippen LogP) is 4.64. The van der Waals surface area contributed by atoms with E-state index in [1.165, 1.54) is 6.07 Å². The molecule has 1 atom stereocenters. The van der Waals surface area contributed by atoms with Crippen molar-refractivity contribution in [1.82, 2.24) is 5.32 Å². The number of furan rings is 1. The largest absolute Gasteiger partial charge is 0.466 e. The number of rotatable bonds is 4. The van der Waals surface area contributed by atoms with Crippen LogP contribution >= 0.6 is 15.9 Å². The monoisotopic (exact) mass is 343 g/mol. The second-order valence-electron chi connectivity index (χ2n) is 4.65. The van der Waals surface area contributed by atoms with Gasteiger partial charge in [0.25, 0.3) is 0 Å². The zero-order chi connectivity index (χ0) is 14.9. The van der Waals surface area contributed by atoms with Gasteiger partial charge in [0.2, 0.25) is 0 Å². The van der Waals surface area contributed by atoms with Gasteiger partial charge in [0.1, 0.15) is 23.2 Å². The second-order valence-corrected chi connectivity index (χ2v) is 5.50. The molecule has 20 heavy (non-hydrogen) atoms. The topological polar surface area (TPSA) is 25.2 Å². The molecule has 0 fully saturated rings. The maximum atomic E-state index is 14.2. The minimum atomic E-state index is -0.484. The van der Waals surface area contributed by atoms with Gasteiger partial charge in [-0.15, -0.1) is 0 Å². The van der Waals surface area contributed by atoms with E-state index in [0.29, 0.717) is 12.3 Å². The standard InChI is InChI=1S/C15H16BrF2NO/c1-4-19-15(10-5-8(2)20-9(10)3)11-6-14(18)12(16)7-13(11)17/h5-7,15,19H,4H2,1-3H3. The molecule has 0 aliphatic rings. The van der Waals surface area contributed by atoms with Crippen LogP contribution in [0.3, 0.4) is 0 Å². The van der Waals surface area contributed by atoms with Gasteiger partial charge < -0.3 is 9.73 Å². The molecule has 1 unspecified atom stereocenters. The Morgan fingerprint density at radius 1 is 1.15 bits per heavy atom. The van der Waals surface area contributed by atoms with E-state index in [-0.39, 0.29) is 10.0 Å². The molecule has 2 rings (SSSR count). The third-order valence-electron chi connectivity index (χ3n) is 3.15. The van der Waals surface area contributed by atoms with Crippen molar-refractivity contribution in [3.63, 3.8) is 0 Å². The number of nitrogens with one attached hydrogen (secondary N) is 1. The lowest BCUT2D eigenvalue weighted by Crippen LogP contribution is -2.23. The Morgan fingerprint density at radius 3 is 2.40 bits per heavy atom. The van der Waals surface area contributed by atoms with Gasteiger partial charge in [-0.25, -0.2) is 8.78 Å². The van der Waals surface area contributed by atoms with E-state index in [0.717, 1.165) is 17.4 Å². The molecule has 0 saturated carbocycles. The van der Waals surface area contributed by atoms with Crippen LogP contribution in [0.2, 0.25) is 0 Å². The molecule has 5 heteroatoms. The van der Waals surface area contributed by atoms with Crippen molar-refractivity contribution >= 4 is 15.9 Å². The Balaban J connectivity index is 2.54. The minimum Gasteiger partial charge on any atom is -0.466 e. The number of benzene rings is 1. The lowest BCUT2D eigenvalue weighted by Gasteiger charge is -2.19. The van der Waals surface area contributed by atoms with E-state index >= 15 is 0 Å². The summed E-state index contributed by atoms with van der Waals surface area (Å²) in [6.07, 6.45) is 0. The Morgan fingerprint density at radius 2 is 1.85 bits per heavy atom. The van der Waals surface area contributed by atoms with Crippen LogP contribution in [0.5, 0.6) is 0 Å². The number of halogens is 3. The molecule has 2 nitrogen and oxygen atoms in total. The van der Waals surface area contributed by atoms with E-state index in [2.05, 4.69) is 21.2 Å². The summed E-state index contributed by atoms with van der Waals surface area (Å²) in [5.41, 5.74) is 1.10. The molecule has 0 aliphatic heterocycles. The first-order valence-electron chi connectivity index (χ1n) is 6.38. The van der Waals surface area contributed by atoms with Crippen LogP contribution in [-0.4, -0.2) is 6.54 Å². The maximum Gasteiger partial charge on any atom is 0.137 e. The van der Waals surface area contributed by atoms with Crippen molar-refractivity contribution in [2.75, 3.05) is 6.54 Å². The average Bonchev–Trinajstić information content (AvgIpc) is 2.70. The van der Waals surface area contributed by atoms with E-state index in [4.69, 9.17) is 4.42 Å². The van der Waals surface area contributed by atoms with E-state index in [1.807, 2.05) is 26.8 Å². The van der Waals surface area contributed by atoms with Gasteiger partial charge >= 0.3 is 0 Å². The summed E-state index contributed by atoms with van der Waals surface area (Å²) in [5.74, 6) is 0.513. The fourth-order valence-electron chi connectivity index (χ4n) is 2.29.